The lowest BCUT2D eigenvalue weighted by Gasteiger charge is -2.37. The van der Waals surface area contributed by atoms with Gasteiger partial charge in [-0.15, -0.1) is 0 Å². The van der Waals surface area contributed by atoms with Crippen molar-refractivity contribution in [3.63, 3.8) is 0 Å². The predicted octanol–water partition coefficient (Wildman–Crippen LogP) is 4.60. The number of benzene rings is 1. The lowest BCUT2D eigenvalue weighted by molar-refractivity contribution is 0.213. The molecule has 0 bridgehead atoms. The van der Waals surface area contributed by atoms with E-state index < -0.39 is 0 Å². The van der Waals surface area contributed by atoms with Crippen molar-refractivity contribution in [1.29, 1.82) is 0 Å². The van der Waals surface area contributed by atoms with Crippen molar-refractivity contribution in [2.75, 3.05) is 18.4 Å². The van der Waals surface area contributed by atoms with Crippen molar-refractivity contribution in [3.8, 4) is 5.75 Å². The second-order valence-corrected chi connectivity index (χ2v) is 9.14. The van der Waals surface area contributed by atoms with Gasteiger partial charge >= 0.3 is 0 Å². The predicted molar refractivity (Wildman–Crippen MR) is 105 cm³/mol. The lowest BCUT2D eigenvalue weighted by atomic mass is 9.87. The molecule has 4 nitrogen and oxygen atoms in total. The third-order valence-corrected chi connectivity index (χ3v) is 5.13. The van der Waals surface area contributed by atoms with E-state index in [4.69, 9.17) is 4.99 Å². The third kappa shape index (κ3) is 4.68. The Kier molecular flexibility index (Phi) is 4.99. The van der Waals surface area contributed by atoms with Gasteiger partial charge in [0.25, 0.3) is 0 Å². The fourth-order valence-electron chi connectivity index (χ4n) is 3.63. The van der Waals surface area contributed by atoms with Crippen molar-refractivity contribution >= 4 is 11.6 Å². The first kappa shape index (κ1) is 18.1. The molecule has 0 aromatic heterocycles. The Hall–Kier alpha value is -1.71. The molecule has 1 aliphatic carbocycles. The van der Waals surface area contributed by atoms with E-state index in [1.807, 2.05) is 6.07 Å². The first-order valence-electron chi connectivity index (χ1n) is 9.65. The number of guanidine groups is 1. The smallest absolute Gasteiger partial charge is 0.198 e. The van der Waals surface area contributed by atoms with Gasteiger partial charge in [0.2, 0.25) is 0 Å². The number of rotatable bonds is 2. The Morgan fingerprint density at radius 3 is 2.36 bits per heavy atom. The minimum absolute atomic E-state index is 0.0477. The molecule has 2 unspecified atom stereocenters. The normalized spacial score (nSPS) is 25.2. The molecule has 3 rings (SSSR count). The highest BCUT2D eigenvalue weighted by Gasteiger charge is 2.28. The summed E-state index contributed by atoms with van der Waals surface area (Å²) in [5, 5.41) is 13.8. The molecular formula is C21H33N3O. The molecule has 0 radical (unpaired) electrons. The lowest BCUT2D eigenvalue weighted by Crippen LogP contribution is -2.45. The second kappa shape index (κ2) is 6.89. The highest BCUT2D eigenvalue weighted by atomic mass is 16.3. The van der Waals surface area contributed by atoms with Crippen LogP contribution in [0, 0.1) is 11.8 Å². The molecule has 0 spiro atoms. The zero-order chi connectivity index (χ0) is 18.2. The Balaban J connectivity index is 1.86. The molecule has 25 heavy (non-hydrogen) atoms. The van der Waals surface area contributed by atoms with Crippen LogP contribution >= 0.6 is 0 Å². The minimum Gasteiger partial charge on any atom is -0.506 e. The quantitative estimate of drug-likeness (QED) is 0.469. The summed E-state index contributed by atoms with van der Waals surface area (Å²) in [7, 11) is 0. The van der Waals surface area contributed by atoms with Crippen LogP contribution in [-0.2, 0) is 5.41 Å². The fourth-order valence-corrected chi connectivity index (χ4v) is 3.63. The van der Waals surface area contributed by atoms with Gasteiger partial charge in [0, 0.05) is 13.1 Å². The van der Waals surface area contributed by atoms with E-state index in [1.165, 1.54) is 24.8 Å². The summed E-state index contributed by atoms with van der Waals surface area (Å²) in [6, 6.07) is 6.31. The maximum Gasteiger partial charge on any atom is 0.198 e. The summed E-state index contributed by atoms with van der Waals surface area (Å²) in [6.45, 7) is 13.3. The maximum absolute atomic E-state index is 10.4. The molecular weight excluding hydrogens is 310 g/mol. The molecule has 1 aromatic carbocycles. The largest absolute Gasteiger partial charge is 0.506 e. The van der Waals surface area contributed by atoms with Crippen molar-refractivity contribution in [1.82, 2.24) is 4.90 Å². The molecule has 1 heterocycles. The van der Waals surface area contributed by atoms with E-state index in [0.29, 0.717) is 17.9 Å². The number of anilines is 1. The fraction of sp³-hybridized carbons (Fsp3) is 0.667. The van der Waals surface area contributed by atoms with Crippen LogP contribution < -0.4 is 5.32 Å². The number of hydrogen-bond donors (Lipinski definition) is 2. The molecule has 138 valence electrons. The highest BCUT2D eigenvalue weighted by molar-refractivity contribution is 5.95. The van der Waals surface area contributed by atoms with E-state index in [2.05, 4.69) is 50.9 Å². The maximum atomic E-state index is 10.4. The number of aliphatic imine (C=N–C) groups is 1. The Labute approximate surface area is 152 Å². The summed E-state index contributed by atoms with van der Waals surface area (Å²) < 4.78 is 0. The highest BCUT2D eigenvalue weighted by Crippen LogP contribution is 2.32. The van der Waals surface area contributed by atoms with Crippen LogP contribution in [-0.4, -0.2) is 35.1 Å². The number of hydrogen-bond acceptors (Lipinski definition) is 2. The number of phenolic OH excluding ortho intramolecular Hbond substituents is 1. The molecule has 2 aliphatic rings. The van der Waals surface area contributed by atoms with Gasteiger partial charge in [-0.25, -0.2) is 4.99 Å². The van der Waals surface area contributed by atoms with Crippen LogP contribution in [0.15, 0.2) is 23.2 Å². The Morgan fingerprint density at radius 2 is 1.80 bits per heavy atom. The molecule has 1 aliphatic heterocycles. The van der Waals surface area contributed by atoms with E-state index >= 15 is 0 Å². The Morgan fingerprint density at radius 1 is 1.16 bits per heavy atom. The summed E-state index contributed by atoms with van der Waals surface area (Å²) in [6.07, 6.45) is 3.63. The van der Waals surface area contributed by atoms with Gasteiger partial charge in [-0.3, -0.25) is 0 Å². The monoisotopic (exact) mass is 343 g/mol. The molecule has 2 atom stereocenters. The van der Waals surface area contributed by atoms with E-state index in [1.54, 1.807) is 6.07 Å². The average molecular weight is 344 g/mol. The van der Waals surface area contributed by atoms with Crippen LogP contribution in [0.25, 0.3) is 0 Å². The number of likely N-dealkylation sites (tertiary alicyclic amines) is 1. The first-order chi connectivity index (χ1) is 11.7. The van der Waals surface area contributed by atoms with Crippen LogP contribution in [0.3, 0.4) is 0 Å². The summed E-state index contributed by atoms with van der Waals surface area (Å²) in [5.41, 5.74) is 2.02. The number of aromatic hydroxyl groups is 1. The van der Waals surface area contributed by atoms with Crippen LogP contribution in [0.1, 0.15) is 59.4 Å². The number of phenols is 1. The summed E-state index contributed by atoms with van der Waals surface area (Å²) >= 11 is 0. The van der Waals surface area contributed by atoms with E-state index in [0.717, 1.165) is 24.7 Å². The average Bonchev–Trinajstić information content (AvgIpc) is 3.30. The number of nitrogens with zero attached hydrogens (tertiary/aromatic N) is 2. The summed E-state index contributed by atoms with van der Waals surface area (Å²) in [4.78, 5) is 7.30. The summed E-state index contributed by atoms with van der Waals surface area (Å²) in [5.74, 6) is 2.56. The van der Waals surface area contributed by atoms with Crippen LogP contribution in [0.2, 0.25) is 0 Å². The number of piperidine rings is 1. The second-order valence-electron chi connectivity index (χ2n) is 9.14. The third-order valence-electron chi connectivity index (χ3n) is 5.13. The topological polar surface area (TPSA) is 47.9 Å². The zero-order valence-corrected chi connectivity index (χ0v) is 16.3. The van der Waals surface area contributed by atoms with E-state index in [-0.39, 0.29) is 11.2 Å². The molecule has 4 heteroatoms. The van der Waals surface area contributed by atoms with Gasteiger partial charge in [0.05, 0.1) is 11.7 Å². The molecule has 2 N–H and O–H groups in total. The molecule has 1 saturated heterocycles. The standard InChI is InChI=1S/C21H33N3O/c1-14-10-15(2)13-24(12-14)20(22-17-7-8-17)23-18-11-16(21(3,4)5)6-9-19(18)25/h6,9,11,14-15,17,25H,7-8,10,12-13H2,1-5H3,(H,22,23). The van der Waals surface area contributed by atoms with Gasteiger partial charge in [0.15, 0.2) is 5.96 Å². The SMILES string of the molecule is CC1CC(C)CN(C(=NC2CC2)Nc2cc(C(C)(C)C)ccc2O)C1. The van der Waals surface area contributed by atoms with Crippen molar-refractivity contribution in [2.45, 2.75) is 65.3 Å². The van der Waals surface area contributed by atoms with Gasteiger partial charge in [-0.05, 0) is 54.2 Å². The number of nitrogens with one attached hydrogen (secondary N) is 1. The molecule has 1 aromatic rings. The molecule has 1 saturated carbocycles. The van der Waals surface area contributed by atoms with Crippen LogP contribution in [0.5, 0.6) is 5.75 Å². The van der Waals surface area contributed by atoms with Gasteiger partial charge in [-0.1, -0.05) is 40.7 Å². The van der Waals surface area contributed by atoms with Crippen molar-refractivity contribution in [3.05, 3.63) is 23.8 Å². The van der Waals surface area contributed by atoms with E-state index in [9.17, 15) is 5.11 Å². The van der Waals surface area contributed by atoms with Gasteiger partial charge < -0.3 is 15.3 Å². The molecule has 0 amide bonds. The minimum atomic E-state index is 0.0477. The van der Waals surface area contributed by atoms with Crippen molar-refractivity contribution in [2.24, 2.45) is 16.8 Å². The van der Waals surface area contributed by atoms with Crippen LogP contribution in [0.4, 0.5) is 5.69 Å². The zero-order valence-electron chi connectivity index (χ0n) is 16.3. The van der Waals surface area contributed by atoms with Crippen molar-refractivity contribution < 1.29 is 5.11 Å². The molecule has 2 fully saturated rings. The Bertz CT molecular complexity index is 633. The first-order valence-corrected chi connectivity index (χ1v) is 9.65. The van der Waals surface area contributed by atoms with Gasteiger partial charge in [-0.2, -0.15) is 0 Å². The van der Waals surface area contributed by atoms with Gasteiger partial charge in [0.1, 0.15) is 5.75 Å².